The van der Waals surface area contributed by atoms with Gasteiger partial charge in [0.15, 0.2) is 0 Å². The molecule has 5 nitrogen and oxygen atoms in total. The first-order valence-electron chi connectivity index (χ1n) is 8.62. The van der Waals surface area contributed by atoms with Crippen molar-refractivity contribution in [1.82, 2.24) is 9.99 Å². The van der Waals surface area contributed by atoms with E-state index in [9.17, 15) is 4.79 Å². The fourth-order valence-corrected chi connectivity index (χ4v) is 3.01. The van der Waals surface area contributed by atoms with Gasteiger partial charge >= 0.3 is 0 Å². The first kappa shape index (κ1) is 17.8. The van der Waals surface area contributed by atoms with Crippen molar-refractivity contribution < 1.29 is 9.21 Å². The molecule has 0 fully saturated rings. The Morgan fingerprint density at radius 1 is 1.00 bits per heavy atom. The second-order valence-electron chi connectivity index (χ2n) is 6.02. The molecule has 6 heteroatoms. The predicted octanol–water partition coefficient (Wildman–Crippen LogP) is 5.15. The zero-order valence-corrected chi connectivity index (χ0v) is 15.5. The highest BCUT2D eigenvalue weighted by atomic mass is 35.5. The lowest BCUT2D eigenvalue weighted by Crippen LogP contribution is -2.19. The van der Waals surface area contributed by atoms with Gasteiger partial charge in [0.2, 0.25) is 0 Å². The predicted molar refractivity (Wildman–Crippen MR) is 110 cm³/mol. The highest BCUT2D eigenvalue weighted by Gasteiger charge is 2.11. The fourth-order valence-electron chi connectivity index (χ4n) is 2.82. The number of hydrogen-bond donors (Lipinski definition) is 1. The molecule has 0 aliphatic rings. The second-order valence-corrected chi connectivity index (χ2v) is 6.46. The van der Waals surface area contributed by atoms with Gasteiger partial charge in [0.05, 0.1) is 17.5 Å². The van der Waals surface area contributed by atoms with Gasteiger partial charge in [-0.1, -0.05) is 35.9 Å². The van der Waals surface area contributed by atoms with Crippen LogP contribution in [0.4, 0.5) is 0 Å². The molecule has 1 N–H and O–H groups in total. The van der Waals surface area contributed by atoms with Crippen molar-refractivity contribution in [3.63, 3.8) is 0 Å². The van der Waals surface area contributed by atoms with Crippen molar-refractivity contribution in [2.75, 3.05) is 0 Å². The fraction of sp³-hybridized carbons (Fsp3) is 0. The Kier molecular flexibility index (Phi) is 5.08. The maximum absolute atomic E-state index is 12.5. The Morgan fingerprint density at radius 2 is 1.82 bits per heavy atom. The quantitative estimate of drug-likeness (QED) is 0.379. The summed E-state index contributed by atoms with van der Waals surface area (Å²) in [4.78, 5) is 12.5. The van der Waals surface area contributed by atoms with Crippen molar-refractivity contribution in [1.29, 1.82) is 0 Å². The molecular formula is C22H16ClN3O2. The number of hydrogen-bond acceptors (Lipinski definition) is 3. The van der Waals surface area contributed by atoms with E-state index in [4.69, 9.17) is 16.0 Å². The van der Waals surface area contributed by atoms with Crippen LogP contribution in [-0.4, -0.2) is 16.7 Å². The van der Waals surface area contributed by atoms with Crippen LogP contribution in [0.25, 0.3) is 17.0 Å². The monoisotopic (exact) mass is 389 g/mol. The number of carbonyl (C=O) groups excluding carboxylic acids is 1. The van der Waals surface area contributed by atoms with E-state index < -0.39 is 0 Å². The van der Waals surface area contributed by atoms with E-state index >= 15 is 0 Å². The summed E-state index contributed by atoms with van der Waals surface area (Å²) >= 11 is 6.01. The molecule has 0 radical (unpaired) electrons. The lowest BCUT2D eigenvalue weighted by atomic mass is 10.1. The van der Waals surface area contributed by atoms with E-state index in [1.807, 2.05) is 71.6 Å². The Balaban J connectivity index is 1.47. The van der Waals surface area contributed by atoms with Crippen molar-refractivity contribution >= 4 is 23.7 Å². The minimum absolute atomic E-state index is 0.304. The maximum Gasteiger partial charge on any atom is 0.273 e. The van der Waals surface area contributed by atoms with Gasteiger partial charge in [-0.05, 0) is 48.5 Å². The number of carbonyl (C=O) groups is 1. The molecule has 2 heterocycles. The van der Waals surface area contributed by atoms with Gasteiger partial charge < -0.3 is 8.98 Å². The van der Waals surface area contributed by atoms with Gasteiger partial charge in [0.1, 0.15) is 11.5 Å². The summed E-state index contributed by atoms with van der Waals surface area (Å²) in [5.74, 6) is 0.893. The average molecular weight is 390 g/mol. The SMILES string of the molecule is O=C(NN=Cc1ccc(-c2cccc(Cl)c2)o1)c1ccccc1-n1cccc1. The number of rotatable bonds is 5. The van der Waals surface area contributed by atoms with Crippen LogP contribution in [0.5, 0.6) is 0 Å². The van der Waals surface area contributed by atoms with Gasteiger partial charge in [0.25, 0.3) is 5.91 Å². The Hall–Kier alpha value is -3.57. The molecule has 0 atom stereocenters. The van der Waals surface area contributed by atoms with E-state index in [1.54, 1.807) is 18.2 Å². The largest absolute Gasteiger partial charge is 0.455 e. The second kappa shape index (κ2) is 7.98. The summed E-state index contributed by atoms with van der Waals surface area (Å²) in [6.07, 6.45) is 5.23. The molecule has 0 unspecified atom stereocenters. The molecule has 0 saturated heterocycles. The first-order chi connectivity index (χ1) is 13.7. The average Bonchev–Trinajstić information content (AvgIpc) is 3.40. The van der Waals surface area contributed by atoms with E-state index in [0.29, 0.717) is 22.1 Å². The zero-order chi connectivity index (χ0) is 19.3. The lowest BCUT2D eigenvalue weighted by molar-refractivity contribution is 0.0955. The molecule has 1 amide bonds. The molecule has 28 heavy (non-hydrogen) atoms. The van der Waals surface area contributed by atoms with Crippen molar-refractivity contribution in [3.05, 3.63) is 102 Å². The molecule has 0 aliphatic heterocycles. The van der Waals surface area contributed by atoms with Crippen molar-refractivity contribution in [2.24, 2.45) is 5.10 Å². The molecule has 0 bridgehead atoms. The highest BCUT2D eigenvalue weighted by molar-refractivity contribution is 6.30. The minimum Gasteiger partial charge on any atom is -0.455 e. The maximum atomic E-state index is 12.5. The van der Waals surface area contributed by atoms with Gasteiger partial charge in [-0.25, -0.2) is 5.43 Å². The lowest BCUT2D eigenvalue weighted by Gasteiger charge is -2.08. The standard InChI is InChI=1S/C22H16ClN3O2/c23-17-7-5-6-16(14-17)21-11-10-18(28-21)15-24-25-22(27)19-8-1-2-9-20(19)26-12-3-4-13-26/h1-15H,(H,25,27). The van der Waals surface area contributed by atoms with Crippen LogP contribution in [0.3, 0.4) is 0 Å². The molecule has 0 spiro atoms. The molecule has 138 valence electrons. The molecular weight excluding hydrogens is 374 g/mol. The van der Waals surface area contributed by atoms with E-state index in [0.717, 1.165) is 11.3 Å². The zero-order valence-electron chi connectivity index (χ0n) is 14.7. The van der Waals surface area contributed by atoms with Crippen LogP contribution in [-0.2, 0) is 0 Å². The van der Waals surface area contributed by atoms with Crippen LogP contribution in [0.15, 0.2) is 94.7 Å². The summed E-state index contributed by atoms with van der Waals surface area (Å²) < 4.78 is 7.61. The molecule has 4 aromatic rings. The van der Waals surface area contributed by atoms with Gasteiger partial charge in [0, 0.05) is 23.0 Å². The number of furan rings is 1. The summed E-state index contributed by atoms with van der Waals surface area (Å²) in [6, 6.07) is 22.1. The normalized spacial score (nSPS) is 11.0. The van der Waals surface area contributed by atoms with E-state index in [2.05, 4.69) is 10.5 Å². The van der Waals surface area contributed by atoms with Crippen LogP contribution < -0.4 is 5.43 Å². The van der Waals surface area contributed by atoms with Crippen LogP contribution in [0.2, 0.25) is 5.02 Å². The van der Waals surface area contributed by atoms with Crippen LogP contribution in [0.1, 0.15) is 16.1 Å². The smallest absolute Gasteiger partial charge is 0.273 e. The van der Waals surface area contributed by atoms with E-state index in [1.165, 1.54) is 6.21 Å². The Morgan fingerprint density at radius 3 is 2.64 bits per heavy atom. The number of para-hydroxylation sites is 1. The van der Waals surface area contributed by atoms with Gasteiger partial charge in [-0.2, -0.15) is 5.10 Å². The number of benzene rings is 2. The van der Waals surface area contributed by atoms with Crippen molar-refractivity contribution in [2.45, 2.75) is 0 Å². The van der Waals surface area contributed by atoms with Crippen LogP contribution >= 0.6 is 11.6 Å². The molecule has 2 aromatic carbocycles. The van der Waals surface area contributed by atoms with E-state index in [-0.39, 0.29) is 5.91 Å². The molecule has 2 aromatic heterocycles. The number of halogens is 1. The number of nitrogens with zero attached hydrogens (tertiary/aromatic N) is 2. The molecule has 0 saturated carbocycles. The Bertz CT molecular complexity index is 1130. The summed E-state index contributed by atoms with van der Waals surface area (Å²) in [5.41, 5.74) is 4.72. The third-order valence-corrected chi connectivity index (χ3v) is 4.36. The Labute approximate surface area is 166 Å². The molecule has 0 aliphatic carbocycles. The summed E-state index contributed by atoms with van der Waals surface area (Å²) in [5, 5.41) is 4.65. The third kappa shape index (κ3) is 3.89. The van der Waals surface area contributed by atoms with Crippen molar-refractivity contribution in [3.8, 4) is 17.0 Å². The number of hydrazone groups is 1. The van der Waals surface area contributed by atoms with Gasteiger partial charge in [-0.15, -0.1) is 0 Å². The molecule has 4 rings (SSSR count). The third-order valence-electron chi connectivity index (χ3n) is 4.13. The minimum atomic E-state index is -0.304. The summed E-state index contributed by atoms with van der Waals surface area (Å²) in [6.45, 7) is 0. The number of amides is 1. The highest BCUT2D eigenvalue weighted by Crippen LogP contribution is 2.24. The van der Waals surface area contributed by atoms with Gasteiger partial charge in [-0.3, -0.25) is 4.79 Å². The number of nitrogens with one attached hydrogen (secondary N) is 1. The van der Waals surface area contributed by atoms with Crippen LogP contribution in [0, 0.1) is 0 Å². The topological polar surface area (TPSA) is 59.5 Å². The number of aromatic nitrogens is 1. The first-order valence-corrected chi connectivity index (χ1v) is 9.00. The summed E-state index contributed by atoms with van der Waals surface area (Å²) in [7, 11) is 0.